The lowest BCUT2D eigenvalue weighted by atomic mass is 9.83. The first-order chi connectivity index (χ1) is 12.5. The maximum Gasteiger partial charge on any atom is 0.231 e. The Labute approximate surface area is 153 Å². The van der Waals surface area contributed by atoms with Crippen LogP contribution in [-0.2, 0) is 10.2 Å². The molecule has 1 aliphatic rings. The van der Waals surface area contributed by atoms with Crippen molar-refractivity contribution in [2.45, 2.75) is 19.3 Å². The second-order valence-corrected chi connectivity index (χ2v) is 6.47. The molecule has 0 aliphatic carbocycles. The molecule has 2 aromatic rings. The van der Waals surface area contributed by atoms with Gasteiger partial charge in [-0.25, -0.2) is 0 Å². The fraction of sp³-hybridized carbons (Fsp3) is 0.350. The van der Waals surface area contributed by atoms with Gasteiger partial charge in [0.05, 0.1) is 19.1 Å². The van der Waals surface area contributed by atoms with E-state index < -0.39 is 5.41 Å². The van der Waals surface area contributed by atoms with Crippen molar-refractivity contribution in [1.82, 2.24) is 5.32 Å². The van der Waals surface area contributed by atoms with Crippen LogP contribution in [0.1, 0.15) is 19.4 Å². The summed E-state index contributed by atoms with van der Waals surface area (Å²) in [5, 5.41) is 2.92. The Balaban J connectivity index is 1.51. The van der Waals surface area contributed by atoms with Crippen LogP contribution in [0.15, 0.2) is 42.5 Å². The van der Waals surface area contributed by atoms with Crippen LogP contribution >= 0.6 is 0 Å². The lowest BCUT2D eigenvalue weighted by Gasteiger charge is -2.24. The molecule has 2 aromatic carbocycles. The summed E-state index contributed by atoms with van der Waals surface area (Å²) in [6, 6.07) is 12.9. The van der Waals surface area contributed by atoms with Gasteiger partial charge in [-0.15, -0.1) is 0 Å². The molecule has 0 fully saturated rings. The predicted octanol–water partition coefficient (Wildman–Crippen LogP) is 2.90. The van der Waals surface area contributed by atoms with E-state index in [9.17, 15) is 4.79 Å². The molecule has 0 spiro atoms. The number of ether oxygens (including phenoxy) is 4. The molecule has 3 rings (SSSR count). The first-order valence-corrected chi connectivity index (χ1v) is 8.46. The highest BCUT2D eigenvalue weighted by Gasteiger charge is 2.31. The number of methoxy groups -OCH3 is 1. The Morgan fingerprint density at radius 2 is 1.77 bits per heavy atom. The van der Waals surface area contributed by atoms with E-state index in [1.807, 2.05) is 56.3 Å². The average Bonchev–Trinajstić information content (AvgIpc) is 3.13. The van der Waals surface area contributed by atoms with Crippen molar-refractivity contribution in [3.8, 4) is 23.0 Å². The minimum Gasteiger partial charge on any atom is -0.497 e. The van der Waals surface area contributed by atoms with Crippen molar-refractivity contribution in [3.05, 3.63) is 48.0 Å². The molecule has 26 heavy (non-hydrogen) atoms. The van der Waals surface area contributed by atoms with Crippen LogP contribution < -0.4 is 24.3 Å². The molecule has 1 N–H and O–H groups in total. The lowest BCUT2D eigenvalue weighted by Crippen LogP contribution is -2.41. The number of nitrogens with one attached hydrogen (secondary N) is 1. The lowest BCUT2D eigenvalue weighted by molar-refractivity contribution is -0.125. The molecular formula is C20H23NO5. The quantitative estimate of drug-likeness (QED) is 0.772. The smallest absolute Gasteiger partial charge is 0.231 e. The molecule has 1 amide bonds. The van der Waals surface area contributed by atoms with Gasteiger partial charge in [0.2, 0.25) is 12.7 Å². The van der Waals surface area contributed by atoms with E-state index in [1.54, 1.807) is 7.11 Å². The third-order valence-electron chi connectivity index (χ3n) is 4.38. The normalized spacial score (nSPS) is 12.6. The summed E-state index contributed by atoms with van der Waals surface area (Å²) in [7, 11) is 1.62. The fourth-order valence-electron chi connectivity index (χ4n) is 2.64. The molecule has 0 radical (unpaired) electrons. The Hall–Kier alpha value is -2.89. The molecule has 0 atom stereocenters. The Morgan fingerprint density at radius 1 is 1.08 bits per heavy atom. The van der Waals surface area contributed by atoms with Gasteiger partial charge in [-0.2, -0.15) is 0 Å². The fourth-order valence-corrected chi connectivity index (χ4v) is 2.64. The molecule has 1 aliphatic heterocycles. The summed E-state index contributed by atoms with van der Waals surface area (Å²) >= 11 is 0. The zero-order valence-electron chi connectivity index (χ0n) is 15.2. The molecule has 0 bridgehead atoms. The van der Waals surface area contributed by atoms with Gasteiger partial charge in [0.25, 0.3) is 0 Å². The van der Waals surface area contributed by atoms with E-state index in [1.165, 1.54) is 0 Å². The van der Waals surface area contributed by atoms with Crippen molar-refractivity contribution in [1.29, 1.82) is 0 Å². The van der Waals surface area contributed by atoms with Crippen LogP contribution in [0.3, 0.4) is 0 Å². The van der Waals surface area contributed by atoms with Gasteiger partial charge in [-0.1, -0.05) is 6.07 Å². The number of rotatable bonds is 7. The standard InChI is InChI=1S/C20H23NO5/c1-20(2,14-4-9-17-18(12-14)26-13-25-17)19(22)21-10-11-24-16-7-5-15(23-3)6-8-16/h4-9,12H,10-11,13H2,1-3H3,(H,21,22). The second-order valence-electron chi connectivity index (χ2n) is 6.47. The maximum atomic E-state index is 12.6. The number of carbonyl (C=O) groups excluding carboxylic acids is 1. The van der Waals surface area contributed by atoms with Crippen LogP contribution in [0.25, 0.3) is 0 Å². The minimum atomic E-state index is -0.693. The van der Waals surface area contributed by atoms with Gasteiger partial charge < -0.3 is 24.3 Å². The summed E-state index contributed by atoms with van der Waals surface area (Å²) < 4.78 is 21.4. The van der Waals surface area contributed by atoms with Gasteiger partial charge in [0.1, 0.15) is 18.1 Å². The highest BCUT2D eigenvalue weighted by atomic mass is 16.7. The molecule has 0 saturated carbocycles. The van der Waals surface area contributed by atoms with Gasteiger partial charge >= 0.3 is 0 Å². The van der Waals surface area contributed by atoms with Crippen LogP contribution in [0, 0.1) is 0 Å². The van der Waals surface area contributed by atoms with Crippen molar-refractivity contribution in [2.24, 2.45) is 0 Å². The van der Waals surface area contributed by atoms with Crippen LogP contribution in [0.5, 0.6) is 23.0 Å². The van der Waals surface area contributed by atoms with Crippen molar-refractivity contribution < 1.29 is 23.7 Å². The van der Waals surface area contributed by atoms with E-state index in [2.05, 4.69) is 5.32 Å². The van der Waals surface area contributed by atoms with Crippen molar-refractivity contribution in [3.63, 3.8) is 0 Å². The van der Waals surface area contributed by atoms with Crippen LogP contribution in [0.2, 0.25) is 0 Å². The summed E-state index contributed by atoms with van der Waals surface area (Å²) in [6.45, 7) is 4.77. The number of benzene rings is 2. The molecule has 0 aromatic heterocycles. The first-order valence-electron chi connectivity index (χ1n) is 8.46. The second kappa shape index (κ2) is 7.56. The van der Waals surface area contributed by atoms with Crippen LogP contribution in [0.4, 0.5) is 0 Å². The third kappa shape index (κ3) is 3.85. The molecular weight excluding hydrogens is 334 g/mol. The van der Waals surface area contributed by atoms with Gasteiger partial charge in [0, 0.05) is 0 Å². The Morgan fingerprint density at radius 3 is 2.50 bits per heavy atom. The van der Waals surface area contributed by atoms with E-state index >= 15 is 0 Å². The minimum absolute atomic E-state index is 0.0744. The number of fused-ring (bicyclic) bond motifs is 1. The van der Waals surface area contributed by atoms with Gasteiger partial charge in [0.15, 0.2) is 11.5 Å². The highest BCUT2D eigenvalue weighted by molar-refractivity contribution is 5.87. The summed E-state index contributed by atoms with van der Waals surface area (Å²) in [5.41, 5.74) is 0.177. The Bertz CT molecular complexity index is 770. The molecule has 0 unspecified atom stereocenters. The largest absolute Gasteiger partial charge is 0.497 e. The zero-order valence-corrected chi connectivity index (χ0v) is 15.2. The number of amides is 1. The number of carbonyl (C=O) groups is 1. The van der Waals surface area contributed by atoms with Gasteiger partial charge in [-0.3, -0.25) is 4.79 Å². The topological polar surface area (TPSA) is 66.0 Å². The summed E-state index contributed by atoms with van der Waals surface area (Å²) in [5.74, 6) is 2.81. The average molecular weight is 357 g/mol. The molecule has 138 valence electrons. The van der Waals surface area contributed by atoms with Crippen molar-refractivity contribution >= 4 is 5.91 Å². The third-order valence-corrected chi connectivity index (χ3v) is 4.38. The Kier molecular flexibility index (Phi) is 5.21. The van der Waals surface area contributed by atoms with Crippen molar-refractivity contribution in [2.75, 3.05) is 27.1 Å². The van der Waals surface area contributed by atoms with E-state index in [0.29, 0.717) is 24.7 Å². The van der Waals surface area contributed by atoms with Gasteiger partial charge in [-0.05, 0) is 55.8 Å². The SMILES string of the molecule is COc1ccc(OCCNC(=O)C(C)(C)c2ccc3c(c2)OCO3)cc1. The monoisotopic (exact) mass is 357 g/mol. The summed E-state index contributed by atoms with van der Waals surface area (Å²) in [6.07, 6.45) is 0. The summed E-state index contributed by atoms with van der Waals surface area (Å²) in [4.78, 5) is 12.6. The number of hydrogen-bond acceptors (Lipinski definition) is 5. The molecule has 0 saturated heterocycles. The molecule has 1 heterocycles. The van der Waals surface area contributed by atoms with E-state index in [4.69, 9.17) is 18.9 Å². The van der Waals surface area contributed by atoms with E-state index in [0.717, 1.165) is 17.1 Å². The molecule has 6 nitrogen and oxygen atoms in total. The molecule has 6 heteroatoms. The van der Waals surface area contributed by atoms with E-state index in [-0.39, 0.29) is 12.7 Å². The maximum absolute atomic E-state index is 12.6. The first kappa shape index (κ1) is 17.9. The highest BCUT2D eigenvalue weighted by Crippen LogP contribution is 2.36. The number of hydrogen-bond donors (Lipinski definition) is 1. The predicted molar refractivity (Wildman–Crippen MR) is 97.1 cm³/mol. The zero-order chi connectivity index (χ0) is 18.6. The van der Waals surface area contributed by atoms with Crippen LogP contribution in [-0.4, -0.2) is 33.0 Å².